The van der Waals surface area contributed by atoms with Crippen LogP contribution in [-0.4, -0.2) is 60.6 Å². The molecule has 0 bridgehead atoms. The van der Waals surface area contributed by atoms with Crippen molar-refractivity contribution >= 4 is 41.2 Å². The first kappa shape index (κ1) is 23.3. The van der Waals surface area contributed by atoms with Gasteiger partial charge in [0.05, 0.1) is 20.1 Å². The van der Waals surface area contributed by atoms with Gasteiger partial charge in [-0.3, -0.25) is 19.7 Å². The highest BCUT2D eigenvalue weighted by atomic mass is 32.1. The molecular formula is C21H27N3O5S. The van der Waals surface area contributed by atoms with E-state index in [4.69, 9.17) is 21.7 Å². The largest absolute Gasteiger partial charge is 0.497 e. The number of carbonyl (C=O) groups excluding carboxylic acids is 3. The van der Waals surface area contributed by atoms with Crippen LogP contribution in [0, 0.1) is 0 Å². The molecule has 1 aliphatic heterocycles. The lowest BCUT2D eigenvalue weighted by atomic mass is 10.1. The van der Waals surface area contributed by atoms with Gasteiger partial charge >= 0.3 is 5.97 Å². The number of benzene rings is 1. The second-order valence-corrected chi connectivity index (χ2v) is 7.07. The minimum absolute atomic E-state index is 0.0978. The van der Waals surface area contributed by atoms with E-state index < -0.39 is 17.9 Å². The van der Waals surface area contributed by atoms with Crippen molar-refractivity contribution in [2.75, 3.05) is 26.8 Å². The maximum absolute atomic E-state index is 12.3. The molecule has 1 saturated heterocycles. The third kappa shape index (κ3) is 7.14. The Labute approximate surface area is 181 Å². The lowest BCUT2D eigenvalue weighted by Crippen LogP contribution is -2.60. The van der Waals surface area contributed by atoms with E-state index in [1.165, 1.54) is 6.08 Å². The topological polar surface area (TPSA) is 97.0 Å². The van der Waals surface area contributed by atoms with Gasteiger partial charge in [0, 0.05) is 19.2 Å². The van der Waals surface area contributed by atoms with Crippen molar-refractivity contribution in [3.63, 3.8) is 0 Å². The molecule has 1 unspecified atom stereocenters. The van der Waals surface area contributed by atoms with Crippen LogP contribution in [0.2, 0.25) is 0 Å². The van der Waals surface area contributed by atoms with Gasteiger partial charge in [0.15, 0.2) is 5.11 Å². The lowest BCUT2D eigenvalue weighted by Gasteiger charge is -2.36. The summed E-state index contributed by atoms with van der Waals surface area (Å²) in [6.07, 6.45) is 4.53. The molecule has 1 aromatic carbocycles. The maximum atomic E-state index is 12.3. The molecule has 0 aliphatic carbocycles. The zero-order valence-electron chi connectivity index (χ0n) is 17.2. The second kappa shape index (κ2) is 11.9. The quantitative estimate of drug-likeness (QED) is 0.278. The van der Waals surface area contributed by atoms with Crippen molar-refractivity contribution in [2.45, 2.75) is 32.2 Å². The molecule has 1 fully saturated rings. The highest BCUT2D eigenvalue weighted by Crippen LogP contribution is 2.13. The molecule has 0 saturated carbocycles. The smallest absolute Gasteiger partial charge is 0.308 e. The summed E-state index contributed by atoms with van der Waals surface area (Å²) < 4.78 is 10.2. The molecule has 0 aromatic heterocycles. The van der Waals surface area contributed by atoms with Gasteiger partial charge in [-0.05, 0) is 42.4 Å². The lowest BCUT2D eigenvalue weighted by molar-refractivity contribution is -0.147. The minimum atomic E-state index is -0.814. The van der Waals surface area contributed by atoms with Gasteiger partial charge in [0.2, 0.25) is 11.8 Å². The van der Waals surface area contributed by atoms with Crippen LogP contribution in [0.3, 0.4) is 0 Å². The van der Waals surface area contributed by atoms with Gasteiger partial charge in [-0.25, -0.2) is 0 Å². The second-order valence-electron chi connectivity index (χ2n) is 6.68. The standard InChI is InChI=1S/C21H27N3O5S/c1-3-4-13-29-19(26)14-17-20(27)22-11-12-24(17)21(30)23-18(25)10-7-15-5-8-16(28-2)9-6-15/h5-10,17H,3-4,11-14H2,1-2H3,(H,22,27)(H,23,25,30)/b10-7+. The Bertz CT molecular complexity index is 794. The van der Waals surface area contributed by atoms with E-state index in [-0.39, 0.29) is 17.4 Å². The molecule has 1 aromatic rings. The maximum Gasteiger partial charge on any atom is 0.308 e. The van der Waals surface area contributed by atoms with Crippen molar-refractivity contribution in [2.24, 2.45) is 0 Å². The van der Waals surface area contributed by atoms with Crippen LogP contribution < -0.4 is 15.4 Å². The third-order valence-electron chi connectivity index (χ3n) is 4.49. The van der Waals surface area contributed by atoms with Crippen molar-refractivity contribution in [1.82, 2.24) is 15.5 Å². The van der Waals surface area contributed by atoms with E-state index in [0.29, 0.717) is 19.7 Å². The van der Waals surface area contributed by atoms with Crippen LogP contribution in [0.15, 0.2) is 30.3 Å². The van der Waals surface area contributed by atoms with Crippen LogP contribution in [-0.2, 0) is 19.1 Å². The number of hydrogen-bond donors (Lipinski definition) is 2. The highest BCUT2D eigenvalue weighted by molar-refractivity contribution is 7.80. The molecule has 1 aliphatic rings. The predicted molar refractivity (Wildman–Crippen MR) is 117 cm³/mol. The summed E-state index contributed by atoms with van der Waals surface area (Å²) in [5.74, 6) is -0.491. The summed E-state index contributed by atoms with van der Waals surface area (Å²) in [5, 5.41) is 5.41. The summed E-state index contributed by atoms with van der Waals surface area (Å²) in [5.41, 5.74) is 0.821. The van der Waals surface area contributed by atoms with Crippen molar-refractivity contribution in [3.8, 4) is 5.75 Å². The number of piperazine rings is 1. The first-order chi connectivity index (χ1) is 14.4. The van der Waals surface area contributed by atoms with Crippen LogP contribution in [0.1, 0.15) is 31.7 Å². The van der Waals surface area contributed by atoms with Gasteiger partial charge in [-0.15, -0.1) is 0 Å². The van der Waals surface area contributed by atoms with Crippen molar-refractivity contribution < 1.29 is 23.9 Å². The normalized spacial score (nSPS) is 16.1. The molecule has 1 heterocycles. The van der Waals surface area contributed by atoms with Gasteiger partial charge in [0.1, 0.15) is 11.8 Å². The van der Waals surface area contributed by atoms with E-state index >= 15 is 0 Å². The van der Waals surface area contributed by atoms with Crippen molar-refractivity contribution in [1.29, 1.82) is 0 Å². The van der Waals surface area contributed by atoms with Crippen LogP contribution in [0.25, 0.3) is 6.08 Å². The Kier molecular flexibility index (Phi) is 9.27. The number of nitrogens with one attached hydrogen (secondary N) is 2. The molecule has 9 heteroatoms. The number of nitrogens with zero attached hydrogens (tertiary/aromatic N) is 1. The Hall–Kier alpha value is -2.94. The monoisotopic (exact) mass is 433 g/mol. The summed E-state index contributed by atoms with van der Waals surface area (Å²) in [6.45, 7) is 3.08. The molecule has 0 spiro atoms. The molecule has 0 radical (unpaired) electrons. The molecule has 30 heavy (non-hydrogen) atoms. The molecule has 2 N–H and O–H groups in total. The minimum Gasteiger partial charge on any atom is -0.497 e. The highest BCUT2D eigenvalue weighted by Gasteiger charge is 2.34. The number of amides is 2. The van der Waals surface area contributed by atoms with Crippen LogP contribution in [0.5, 0.6) is 5.75 Å². The molecular weight excluding hydrogens is 406 g/mol. The van der Waals surface area contributed by atoms with Crippen LogP contribution >= 0.6 is 12.2 Å². The van der Waals surface area contributed by atoms with E-state index in [0.717, 1.165) is 24.2 Å². The first-order valence-corrected chi connectivity index (χ1v) is 10.2. The Balaban J connectivity index is 1.94. The number of esters is 1. The molecule has 1 atom stereocenters. The average Bonchev–Trinajstić information content (AvgIpc) is 2.74. The fraction of sp³-hybridized carbons (Fsp3) is 0.429. The van der Waals surface area contributed by atoms with E-state index in [1.807, 2.05) is 19.1 Å². The molecule has 8 nitrogen and oxygen atoms in total. The first-order valence-electron chi connectivity index (χ1n) is 9.81. The number of rotatable bonds is 8. The van der Waals surface area contributed by atoms with Gasteiger partial charge in [0.25, 0.3) is 0 Å². The molecule has 162 valence electrons. The van der Waals surface area contributed by atoms with E-state index in [9.17, 15) is 14.4 Å². The third-order valence-corrected chi connectivity index (χ3v) is 4.82. The molecule has 2 amide bonds. The number of unbranched alkanes of at least 4 members (excludes halogenated alkanes) is 1. The fourth-order valence-electron chi connectivity index (χ4n) is 2.81. The number of hydrogen-bond acceptors (Lipinski definition) is 6. The number of thiocarbonyl (C=S) groups is 1. The zero-order valence-corrected chi connectivity index (χ0v) is 18.0. The number of carbonyl (C=O) groups is 3. The Morgan fingerprint density at radius 2 is 2.07 bits per heavy atom. The van der Waals surface area contributed by atoms with Gasteiger partial charge in [-0.2, -0.15) is 0 Å². The van der Waals surface area contributed by atoms with E-state index in [2.05, 4.69) is 10.6 Å². The van der Waals surface area contributed by atoms with Gasteiger partial charge in [-0.1, -0.05) is 25.5 Å². The summed E-state index contributed by atoms with van der Waals surface area (Å²) in [6, 6.07) is 6.40. The zero-order chi connectivity index (χ0) is 21.9. The summed E-state index contributed by atoms with van der Waals surface area (Å²) in [4.78, 5) is 38.1. The number of ether oxygens (including phenoxy) is 2. The van der Waals surface area contributed by atoms with Crippen LogP contribution in [0.4, 0.5) is 0 Å². The van der Waals surface area contributed by atoms with E-state index in [1.54, 1.807) is 30.2 Å². The van der Waals surface area contributed by atoms with Crippen molar-refractivity contribution in [3.05, 3.63) is 35.9 Å². The number of methoxy groups -OCH3 is 1. The fourth-order valence-corrected chi connectivity index (χ4v) is 3.13. The Morgan fingerprint density at radius 3 is 2.73 bits per heavy atom. The SMILES string of the molecule is CCCCOC(=O)CC1C(=O)NCCN1C(=S)NC(=O)/C=C/c1ccc(OC)cc1. The molecule has 2 rings (SSSR count). The predicted octanol–water partition coefficient (Wildman–Crippen LogP) is 1.64. The average molecular weight is 434 g/mol. The van der Waals surface area contributed by atoms with Gasteiger partial charge < -0.3 is 19.7 Å². The summed E-state index contributed by atoms with van der Waals surface area (Å²) >= 11 is 5.31. The summed E-state index contributed by atoms with van der Waals surface area (Å²) in [7, 11) is 1.58. The Morgan fingerprint density at radius 1 is 1.33 bits per heavy atom.